The lowest BCUT2D eigenvalue weighted by atomic mass is 10.1. The Kier molecular flexibility index (Phi) is 8.45. The van der Waals surface area contributed by atoms with E-state index >= 15 is 0 Å². The summed E-state index contributed by atoms with van der Waals surface area (Å²) in [6.07, 6.45) is 4.58. The quantitative estimate of drug-likeness (QED) is 0.464. The fourth-order valence-corrected chi connectivity index (χ4v) is 3.65. The van der Waals surface area contributed by atoms with Crippen LogP contribution in [-0.2, 0) is 11.3 Å². The number of halogens is 1. The first kappa shape index (κ1) is 20.8. The molecule has 7 heteroatoms. The highest BCUT2D eigenvalue weighted by molar-refractivity contribution is 7.99. The number of benzene rings is 1. The molecule has 0 aliphatic heterocycles. The van der Waals surface area contributed by atoms with Crippen LogP contribution in [0.2, 0.25) is 5.02 Å². The van der Waals surface area contributed by atoms with Gasteiger partial charge in [-0.15, -0.1) is 10.2 Å². The number of unbranched alkanes of at least 4 members (excludes halogenated alkanes) is 2. The van der Waals surface area contributed by atoms with Gasteiger partial charge in [0.2, 0.25) is 5.91 Å². The number of hydrogen-bond donors (Lipinski definition) is 1. The largest absolute Gasteiger partial charge is 0.353 e. The SMILES string of the molecule is CCCCCC(C)NC(=O)CSc1nnc(-c2ccc(Cl)cc2)n1CC. The molecule has 1 amide bonds. The molecule has 0 fully saturated rings. The topological polar surface area (TPSA) is 59.8 Å². The molecule has 1 atom stereocenters. The number of carbonyl (C=O) groups excluding carboxylic acids is 1. The summed E-state index contributed by atoms with van der Waals surface area (Å²) in [5.41, 5.74) is 0.963. The van der Waals surface area contributed by atoms with Crippen LogP contribution in [0.3, 0.4) is 0 Å². The number of amides is 1. The zero-order chi connectivity index (χ0) is 18.9. The Morgan fingerprint density at radius 3 is 2.62 bits per heavy atom. The molecule has 0 spiro atoms. The molecule has 2 rings (SSSR count). The lowest BCUT2D eigenvalue weighted by Crippen LogP contribution is -2.33. The smallest absolute Gasteiger partial charge is 0.230 e. The predicted molar refractivity (Wildman–Crippen MR) is 109 cm³/mol. The second kappa shape index (κ2) is 10.6. The third kappa shape index (κ3) is 6.02. The molecule has 0 radical (unpaired) electrons. The van der Waals surface area contributed by atoms with Gasteiger partial charge in [-0.2, -0.15) is 0 Å². The summed E-state index contributed by atoms with van der Waals surface area (Å²) in [5.74, 6) is 1.18. The lowest BCUT2D eigenvalue weighted by molar-refractivity contribution is -0.119. The van der Waals surface area contributed by atoms with Crippen molar-refractivity contribution in [3.05, 3.63) is 29.3 Å². The Morgan fingerprint density at radius 1 is 1.23 bits per heavy atom. The van der Waals surface area contributed by atoms with E-state index in [-0.39, 0.29) is 11.9 Å². The van der Waals surface area contributed by atoms with E-state index in [9.17, 15) is 4.79 Å². The fraction of sp³-hybridized carbons (Fsp3) is 0.526. The summed E-state index contributed by atoms with van der Waals surface area (Å²) in [5, 5.41) is 13.1. The van der Waals surface area contributed by atoms with E-state index in [0.717, 1.165) is 35.9 Å². The van der Waals surface area contributed by atoms with E-state index in [1.54, 1.807) is 0 Å². The highest BCUT2D eigenvalue weighted by Crippen LogP contribution is 2.25. The van der Waals surface area contributed by atoms with E-state index < -0.39 is 0 Å². The molecular formula is C19H27ClN4OS. The van der Waals surface area contributed by atoms with Crippen molar-refractivity contribution in [2.24, 2.45) is 0 Å². The lowest BCUT2D eigenvalue weighted by Gasteiger charge is -2.13. The molecule has 0 saturated heterocycles. The van der Waals surface area contributed by atoms with Crippen molar-refractivity contribution in [3.63, 3.8) is 0 Å². The van der Waals surface area contributed by atoms with Crippen molar-refractivity contribution in [3.8, 4) is 11.4 Å². The van der Waals surface area contributed by atoms with Gasteiger partial charge in [0, 0.05) is 23.2 Å². The molecule has 0 aliphatic rings. The van der Waals surface area contributed by atoms with Gasteiger partial charge in [0.15, 0.2) is 11.0 Å². The molecule has 1 aromatic heterocycles. The first-order chi connectivity index (χ1) is 12.5. The van der Waals surface area contributed by atoms with E-state index in [2.05, 4.69) is 29.4 Å². The third-order valence-corrected chi connectivity index (χ3v) is 5.33. The maximum Gasteiger partial charge on any atom is 0.230 e. The predicted octanol–water partition coefficient (Wildman–Crippen LogP) is 4.80. The highest BCUT2D eigenvalue weighted by atomic mass is 35.5. The minimum atomic E-state index is 0.0395. The maximum absolute atomic E-state index is 12.2. The van der Waals surface area contributed by atoms with Crippen LogP contribution in [0.4, 0.5) is 0 Å². The molecule has 1 unspecified atom stereocenters. The first-order valence-electron chi connectivity index (χ1n) is 9.16. The van der Waals surface area contributed by atoms with Gasteiger partial charge in [0.1, 0.15) is 0 Å². The van der Waals surface area contributed by atoms with Crippen LogP contribution in [0.25, 0.3) is 11.4 Å². The van der Waals surface area contributed by atoms with Crippen molar-refractivity contribution in [1.82, 2.24) is 20.1 Å². The molecule has 0 bridgehead atoms. The zero-order valence-corrected chi connectivity index (χ0v) is 17.2. The third-order valence-electron chi connectivity index (χ3n) is 4.12. The average molecular weight is 395 g/mol. The summed E-state index contributed by atoms with van der Waals surface area (Å²) >= 11 is 7.37. The molecule has 1 aromatic carbocycles. The van der Waals surface area contributed by atoms with Crippen LogP contribution < -0.4 is 5.32 Å². The Bertz CT molecular complexity index is 702. The van der Waals surface area contributed by atoms with Gasteiger partial charge < -0.3 is 9.88 Å². The van der Waals surface area contributed by atoms with Crippen molar-refractivity contribution < 1.29 is 4.79 Å². The van der Waals surface area contributed by atoms with Crippen molar-refractivity contribution in [2.75, 3.05) is 5.75 Å². The van der Waals surface area contributed by atoms with E-state index in [0.29, 0.717) is 10.8 Å². The summed E-state index contributed by atoms with van der Waals surface area (Å²) < 4.78 is 2.02. The molecule has 26 heavy (non-hydrogen) atoms. The van der Waals surface area contributed by atoms with Gasteiger partial charge in [-0.05, 0) is 44.5 Å². The summed E-state index contributed by atoms with van der Waals surface area (Å²) in [7, 11) is 0. The Hall–Kier alpha value is -1.53. The van der Waals surface area contributed by atoms with Crippen LogP contribution in [0.1, 0.15) is 46.5 Å². The van der Waals surface area contributed by atoms with E-state index in [1.807, 2.05) is 35.8 Å². The molecule has 142 valence electrons. The van der Waals surface area contributed by atoms with Gasteiger partial charge in [0.25, 0.3) is 0 Å². The number of carbonyl (C=O) groups is 1. The molecule has 0 aliphatic carbocycles. The van der Waals surface area contributed by atoms with Gasteiger partial charge in [-0.25, -0.2) is 0 Å². The van der Waals surface area contributed by atoms with Crippen LogP contribution in [-0.4, -0.2) is 32.5 Å². The number of rotatable bonds is 10. The molecule has 5 nitrogen and oxygen atoms in total. The second-order valence-electron chi connectivity index (χ2n) is 6.31. The van der Waals surface area contributed by atoms with Gasteiger partial charge in [-0.1, -0.05) is 49.5 Å². The van der Waals surface area contributed by atoms with Gasteiger partial charge >= 0.3 is 0 Å². The van der Waals surface area contributed by atoms with E-state index in [1.165, 1.54) is 24.6 Å². The maximum atomic E-state index is 12.2. The minimum absolute atomic E-state index is 0.0395. The van der Waals surface area contributed by atoms with Crippen molar-refractivity contribution in [2.45, 2.75) is 64.2 Å². The highest BCUT2D eigenvalue weighted by Gasteiger charge is 2.15. The second-order valence-corrected chi connectivity index (χ2v) is 7.69. The molecule has 1 heterocycles. The van der Waals surface area contributed by atoms with Crippen LogP contribution in [0.15, 0.2) is 29.4 Å². The number of nitrogens with zero attached hydrogens (tertiary/aromatic N) is 3. The van der Waals surface area contributed by atoms with Gasteiger partial charge in [-0.3, -0.25) is 4.79 Å². The first-order valence-corrected chi connectivity index (χ1v) is 10.5. The summed E-state index contributed by atoms with van der Waals surface area (Å²) in [6.45, 7) is 7.03. The molecule has 2 aromatic rings. The Morgan fingerprint density at radius 2 is 1.96 bits per heavy atom. The number of hydrogen-bond acceptors (Lipinski definition) is 4. The number of thioether (sulfide) groups is 1. The molecule has 0 saturated carbocycles. The summed E-state index contributed by atoms with van der Waals surface area (Å²) in [6, 6.07) is 7.75. The summed E-state index contributed by atoms with van der Waals surface area (Å²) in [4.78, 5) is 12.2. The fourth-order valence-electron chi connectivity index (χ4n) is 2.71. The zero-order valence-electron chi connectivity index (χ0n) is 15.7. The minimum Gasteiger partial charge on any atom is -0.353 e. The van der Waals surface area contributed by atoms with E-state index in [4.69, 9.17) is 11.6 Å². The average Bonchev–Trinajstić information content (AvgIpc) is 3.03. The number of aromatic nitrogens is 3. The number of nitrogens with one attached hydrogen (secondary N) is 1. The van der Waals surface area contributed by atoms with Crippen molar-refractivity contribution >= 4 is 29.3 Å². The Balaban J connectivity index is 1.93. The van der Waals surface area contributed by atoms with Crippen LogP contribution in [0, 0.1) is 0 Å². The Labute approximate surface area is 164 Å². The standard InChI is InChI=1S/C19H27ClN4OS/c1-4-6-7-8-14(3)21-17(25)13-26-19-23-22-18(24(19)5-2)15-9-11-16(20)12-10-15/h9-12,14H,4-8,13H2,1-3H3,(H,21,25). The van der Waals surface area contributed by atoms with Crippen molar-refractivity contribution in [1.29, 1.82) is 0 Å². The molecular weight excluding hydrogens is 368 g/mol. The van der Waals surface area contributed by atoms with Gasteiger partial charge in [0.05, 0.1) is 5.75 Å². The van der Waals surface area contributed by atoms with Crippen LogP contribution in [0.5, 0.6) is 0 Å². The molecule has 1 N–H and O–H groups in total. The van der Waals surface area contributed by atoms with Crippen LogP contribution >= 0.6 is 23.4 Å². The normalized spacial score (nSPS) is 12.2. The monoisotopic (exact) mass is 394 g/mol.